The third-order valence-electron chi connectivity index (χ3n) is 2.58. The van der Waals surface area contributed by atoms with Crippen molar-refractivity contribution in [2.75, 3.05) is 11.9 Å². The minimum absolute atomic E-state index is 0.00625. The first-order chi connectivity index (χ1) is 9.22. The molecule has 6 nitrogen and oxygen atoms in total. The van der Waals surface area contributed by atoms with E-state index >= 15 is 0 Å². The van der Waals surface area contributed by atoms with E-state index in [1.165, 1.54) is 6.07 Å². The molecule has 2 aromatic rings. The van der Waals surface area contributed by atoms with E-state index in [9.17, 15) is 10.1 Å². The van der Waals surface area contributed by atoms with Crippen LogP contribution in [0, 0.1) is 10.1 Å². The maximum absolute atomic E-state index is 11.0. The maximum Gasteiger partial charge on any atom is 0.295 e. The SMILES string of the molecule is CCCNc1ccc([N+](=O)[O-])c(-c2ccncc2)n1. The molecule has 2 aromatic heterocycles. The number of rotatable bonds is 5. The third kappa shape index (κ3) is 3.04. The van der Waals surface area contributed by atoms with Crippen molar-refractivity contribution in [2.24, 2.45) is 0 Å². The van der Waals surface area contributed by atoms with Crippen molar-refractivity contribution >= 4 is 11.5 Å². The van der Waals surface area contributed by atoms with Crippen molar-refractivity contribution in [3.05, 3.63) is 46.8 Å². The van der Waals surface area contributed by atoms with Crippen LogP contribution in [0.5, 0.6) is 0 Å². The van der Waals surface area contributed by atoms with Crippen LogP contribution in [0.15, 0.2) is 36.7 Å². The van der Waals surface area contributed by atoms with Crippen LogP contribution >= 0.6 is 0 Å². The molecule has 2 rings (SSSR count). The van der Waals surface area contributed by atoms with Gasteiger partial charge in [0.25, 0.3) is 5.69 Å². The van der Waals surface area contributed by atoms with E-state index in [0.717, 1.165) is 13.0 Å². The van der Waals surface area contributed by atoms with Crippen LogP contribution < -0.4 is 5.32 Å². The molecule has 0 spiro atoms. The first-order valence-electron chi connectivity index (χ1n) is 6.02. The van der Waals surface area contributed by atoms with Crippen molar-refractivity contribution in [1.82, 2.24) is 9.97 Å². The highest BCUT2D eigenvalue weighted by atomic mass is 16.6. The molecular weight excluding hydrogens is 244 g/mol. The molecule has 2 heterocycles. The lowest BCUT2D eigenvalue weighted by molar-refractivity contribution is -0.384. The van der Waals surface area contributed by atoms with Gasteiger partial charge in [0.05, 0.1) is 4.92 Å². The predicted octanol–water partition coefficient (Wildman–Crippen LogP) is 2.87. The van der Waals surface area contributed by atoms with Crippen LogP contribution in [0.2, 0.25) is 0 Å². The second kappa shape index (κ2) is 5.90. The smallest absolute Gasteiger partial charge is 0.295 e. The highest BCUT2D eigenvalue weighted by Gasteiger charge is 2.17. The van der Waals surface area contributed by atoms with Crippen LogP contribution in [0.3, 0.4) is 0 Å². The first-order valence-corrected chi connectivity index (χ1v) is 6.02. The standard InChI is InChI=1S/C13H14N4O2/c1-2-7-15-12-4-3-11(17(18)19)13(16-12)10-5-8-14-9-6-10/h3-6,8-9H,2,7H2,1H3,(H,15,16). The van der Waals surface area contributed by atoms with Crippen molar-refractivity contribution < 1.29 is 4.92 Å². The Hall–Kier alpha value is -2.50. The Morgan fingerprint density at radius 1 is 1.26 bits per heavy atom. The number of nitro groups is 1. The van der Waals surface area contributed by atoms with Gasteiger partial charge in [-0.1, -0.05) is 6.92 Å². The van der Waals surface area contributed by atoms with Crippen molar-refractivity contribution in [2.45, 2.75) is 13.3 Å². The normalized spacial score (nSPS) is 10.2. The van der Waals surface area contributed by atoms with E-state index < -0.39 is 4.92 Å². The molecule has 0 unspecified atom stereocenters. The van der Waals surface area contributed by atoms with Gasteiger partial charge in [-0.2, -0.15) is 0 Å². The molecule has 0 saturated carbocycles. The molecule has 0 atom stereocenters. The lowest BCUT2D eigenvalue weighted by Crippen LogP contribution is -2.04. The molecule has 0 aliphatic rings. The van der Waals surface area contributed by atoms with Crippen molar-refractivity contribution in [3.8, 4) is 11.3 Å². The van der Waals surface area contributed by atoms with Gasteiger partial charge in [-0.25, -0.2) is 4.98 Å². The minimum atomic E-state index is -0.424. The van der Waals surface area contributed by atoms with Gasteiger partial charge in [-0.3, -0.25) is 15.1 Å². The van der Waals surface area contributed by atoms with Gasteiger partial charge in [-0.05, 0) is 24.6 Å². The highest BCUT2D eigenvalue weighted by molar-refractivity contribution is 5.70. The highest BCUT2D eigenvalue weighted by Crippen LogP contribution is 2.28. The van der Waals surface area contributed by atoms with Gasteiger partial charge in [0.2, 0.25) is 0 Å². The van der Waals surface area contributed by atoms with Crippen LogP contribution in [0.4, 0.5) is 11.5 Å². The summed E-state index contributed by atoms with van der Waals surface area (Å²) < 4.78 is 0. The second-order valence-corrected chi connectivity index (χ2v) is 3.98. The summed E-state index contributed by atoms with van der Waals surface area (Å²) in [6.45, 7) is 2.82. The molecule has 0 aromatic carbocycles. The zero-order chi connectivity index (χ0) is 13.7. The van der Waals surface area contributed by atoms with Crippen LogP contribution in [-0.4, -0.2) is 21.4 Å². The first kappa shape index (κ1) is 12.9. The number of nitrogens with one attached hydrogen (secondary N) is 1. The van der Waals surface area contributed by atoms with E-state index in [4.69, 9.17) is 0 Å². The number of anilines is 1. The number of hydrogen-bond donors (Lipinski definition) is 1. The molecule has 0 radical (unpaired) electrons. The van der Waals surface area contributed by atoms with Gasteiger partial charge >= 0.3 is 0 Å². The average molecular weight is 258 g/mol. The summed E-state index contributed by atoms with van der Waals surface area (Å²) in [5, 5.41) is 14.2. The lowest BCUT2D eigenvalue weighted by Gasteiger charge is -2.07. The van der Waals surface area contributed by atoms with Crippen LogP contribution in [0.25, 0.3) is 11.3 Å². The number of nitrogens with zero attached hydrogens (tertiary/aromatic N) is 3. The Labute approximate surface area is 110 Å². The second-order valence-electron chi connectivity index (χ2n) is 3.98. The summed E-state index contributed by atoms with van der Waals surface area (Å²) in [4.78, 5) is 18.9. The van der Waals surface area contributed by atoms with E-state index in [-0.39, 0.29) is 5.69 Å². The van der Waals surface area contributed by atoms with Gasteiger partial charge in [0.1, 0.15) is 5.82 Å². The molecule has 6 heteroatoms. The molecular formula is C13H14N4O2. The topological polar surface area (TPSA) is 81.0 Å². The van der Waals surface area contributed by atoms with E-state index in [1.807, 2.05) is 6.92 Å². The van der Waals surface area contributed by atoms with Gasteiger partial charge < -0.3 is 5.32 Å². The summed E-state index contributed by atoms with van der Waals surface area (Å²) in [5.41, 5.74) is 1.03. The van der Waals surface area contributed by atoms with E-state index in [2.05, 4.69) is 15.3 Å². The molecule has 0 aliphatic heterocycles. The Morgan fingerprint density at radius 2 is 2.00 bits per heavy atom. The summed E-state index contributed by atoms with van der Waals surface area (Å²) in [5.74, 6) is 0.638. The minimum Gasteiger partial charge on any atom is -0.370 e. The Bertz CT molecular complexity index is 572. The van der Waals surface area contributed by atoms with Crippen molar-refractivity contribution in [3.63, 3.8) is 0 Å². The zero-order valence-electron chi connectivity index (χ0n) is 10.5. The van der Waals surface area contributed by atoms with Crippen LogP contribution in [0.1, 0.15) is 13.3 Å². The molecule has 0 aliphatic carbocycles. The Balaban J connectivity index is 2.45. The largest absolute Gasteiger partial charge is 0.370 e. The summed E-state index contributed by atoms with van der Waals surface area (Å²) in [7, 11) is 0. The Morgan fingerprint density at radius 3 is 2.63 bits per heavy atom. The summed E-state index contributed by atoms with van der Waals surface area (Å²) >= 11 is 0. The van der Waals surface area contributed by atoms with Gasteiger partial charge in [0, 0.05) is 30.6 Å². The molecule has 0 amide bonds. The van der Waals surface area contributed by atoms with Crippen molar-refractivity contribution in [1.29, 1.82) is 0 Å². The molecule has 0 saturated heterocycles. The molecule has 0 bridgehead atoms. The third-order valence-corrected chi connectivity index (χ3v) is 2.58. The lowest BCUT2D eigenvalue weighted by atomic mass is 10.1. The molecule has 19 heavy (non-hydrogen) atoms. The quantitative estimate of drug-likeness (QED) is 0.658. The fourth-order valence-corrected chi connectivity index (χ4v) is 1.67. The van der Waals surface area contributed by atoms with Crippen LogP contribution in [-0.2, 0) is 0 Å². The Kier molecular flexibility index (Phi) is 4.02. The zero-order valence-corrected chi connectivity index (χ0v) is 10.5. The molecule has 0 fully saturated rings. The summed E-state index contributed by atoms with van der Waals surface area (Å²) in [6.07, 6.45) is 4.14. The summed E-state index contributed by atoms with van der Waals surface area (Å²) in [6, 6.07) is 6.51. The number of pyridine rings is 2. The number of hydrogen-bond acceptors (Lipinski definition) is 5. The number of aromatic nitrogens is 2. The monoisotopic (exact) mass is 258 g/mol. The van der Waals surface area contributed by atoms with Gasteiger partial charge in [0.15, 0.2) is 5.69 Å². The fraction of sp³-hybridized carbons (Fsp3) is 0.231. The fourth-order valence-electron chi connectivity index (χ4n) is 1.67. The predicted molar refractivity (Wildman–Crippen MR) is 72.9 cm³/mol. The van der Waals surface area contributed by atoms with Gasteiger partial charge in [-0.15, -0.1) is 0 Å². The average Bonchev–Trinajstić information content (AvgIpc) is 2.45. The maximum atomic E-state index is 11.0. The molecule has 1 N–H and O–H groups in total. The van der Waals surface area contributed by atoms with E-state index in [0.29, 0.717) is 17.1 Å². The molecule has 98 valence electrons. The van der Waals surface area contributed by atoms with E-state index in [1.54, 1.807) is 30.6 Å².